The van der Waals surface area contributed by atoms with Gasteiger partial charge in [-0.1, -0.05) is 48.5 Å². The van der Waals surface area contributed by atoms with Gasteiger partial charge in [-0.2, -0.15) is 0 Å². The summed E-state index contributed by atoms with van der Waals surface area (Å²) in [5.41, 5.74) is 2.68. The summed E-state index contributed by atoms with van der Waals surface area (Å²) in [6.07, 6.45) is 1.38. The van der Waals surface area contributed by atoms with Crippen molar-refractivity contribution in [3.63, 3.8) is 0 Å². The van der Waals surface area contributed by atoms with E-state index in [0.717, 1.165) is 24.0 Å². The van der Waals surface area contributed by atoms with Gasteiger partial charge in [0.15, 0.2) is 6.29 Å². The molecule has 0 aliphatic rings. The molecule has 134 valence electrons. The van der Waals surface area contributed by atoms with E-state index in [1.54, 1.807) is 0 Å². The zero-order valence-corrected chi connectivity index (χ0v) is 15.0. The van der Waals surface area contributed by atoms with Crippen molar-refractivity contribution in [3.05, 3.63) is 60.2 Å². The molecule has 25 heavy (non-hydrogen) atoms. The highest BCUT2D eigenvalue weighted by molar-refractivity contribution is 6.00. The van der Waals surface area contributed by atoms with E-state index in [4.69, 9.17) is 9.47 Å². The minimum Gasteiger partial charge on any atom is -0.353 e. The first-order chi connectivity index (χ1) is 12.3. The standard InChI is InChI=1S/C21H27NO3/c1-3-24-20(25-4-2)15-10-16-22-21(23)19-14-9-8-13-18(19)17-11-6-5-7-12-17/h5-9,11-14,20H,3-4,10,15-16H2,1-2H3,(H,22,23). The van der Waals surface area contributed by atoms with Crippen molar-refractivity contribution in [2.24, 2.45) is 0 Å². The lowest BCUT2D eigenvalue weighted by atomic mass is 9.99. The summed E-state index contributed by atoms with van der Waals surface area (Å²) in [6.45, 7) is 5.75. The molecule has 0 heterocycles. The Morgan fingerprint density at radius 1 is 0.960 bits per heavy atom. The Balaban J connectivity index is 1.91. The Labute approximate surface area is 150 Å². The molecule has 0 radical (unpaired) electrons. The third kappa shape index (κ3) is 6.00. The van der Waals surface area contributed by atoms with Crippen LogP contribution in [0.1, 0.15) is 37.0 Å². The van der Waals surface area contributed by atoms with E-state index in [-0.39, 0.29) is 12.2 Å². The topological polar surface area (TPSA) is 47.6 Å². The minimum atomic E-state index is -0.191. The van der Waals surface area contributed by atoms with Gasteiger partial charge in [-0.3, -0.25) is 4.79 Å². The summed E-state index contributed by atoms with van der Waals surface area (Å²) in [7, 11) is 0. The molecular weight excluding hydrogens is 314 g/mol. The number of nitrogens with one attached hydrogen (secondary N) is 1. The normalized spacial score (nSPS) is 10.8. The van der Waals surface area contributed by atoms with Crippen molar-refractivity contribution in [2.45, 2.75) is 33.0 Å². The van der Waals surface area contributed by atoms with Crippen molar-refractivity contribution in [3.8, 4) is 11.1 Å². The SMILES string of the molecule is CCOC(CCCNC(=O)c1ccccc1-c1ccccc1)OCC. The number of hydrogen-bond donors (Lipinski definition) is 1. The molecule has 0 atom stereocenters. The maximum Gasteiger partial charge on any atom is 0.251 e. The number of benzene rings is 2. The number of carbonyl (C=O) groups is 1. The second kappa shape index (κ2) is 10.6. The van der Waals surface area contributed by atoms with Crippen LogP contribution in [0.4, 0.5) is 0 Å². The van der Waals surface area contributed by atoms with Crippen LogP contribution >= 0.6 is 0 Å². The Kier molecular flexibility index (Phi) is 8.16. The summed E-state index contributed by atoms with van der Waals surface area (Å²) in [5, 5.41) is 3.00. The fourth-order valence-corrected chi connectivity index (χ4v) is 2.70. The second-order valence-corrected chi connectivity index (χ2v) is 5.65. The zero-order chi connectivity index (χ0) is 17.9. The highest BCUT2D eigenvalue weighted by Crippen LogP contribution is 2.23. The summed E-state index contributed by atoms with van der Waals surface area (Å²) in [6, 6.07) is 17.6. The minimum absolute atomic E-state index is 0.0520. The monoisotopic (exact) mass is 341 g/mol. The van der Waals surface area contributed by atoms with E-state index in [1.165, 1.54) is 0 Å². The van der Waals surface area contributed by atoms with Gasteiger partial charge in [0.2, 0.25) is 0 Å². The van der Waals surface area contributed by atoms with Crippen molar-refractivity contribution in [1.82, 2.24) is 5.32 Å². The Hall–Kier alpha value is -2.17. The van der Waals surface area contributed by atoms with Gasteiger partial charge >= 0.3 is 0 Å². The average Bonchev–Trinajstić information content (AvgIpc) is 2.66. The Morgan fingerprint density at radius 3 is 2.28 bits per heavy atom. The van der Waals surface area contributed by atoms with Gasteiger partial charge in [0.25, 0.3) is 5.91 Å². The number of carbonyl (C=O) groups excluding carboxylic acids is 1. The van der Waals surface area contributed by atoms with E-state index in [9.17, 15) is 4.79 Å². The highest BCUT2D eigenvalue weighted by Gasteiger charge is 2.12. The predicted molar refractivity (Wildman–Crippen MR) is 100 cm³/mol. The average molecular weight is 341 g/mol. The molecule has 0 unspecified atom stereocenters. The van der Waals surface area contributed by atoms with Gasteiger partial charge in [-0.25, -0.2) is 0 Å². The molecule has 1 N–H and O–H groups in total. The first-order valence-electron chi connectivity index (χ1n) is 8.92. The molecule has 2 rings (SSSR count). The van der Waals surface area contributed by atoms with Gasteiger partial charge in [-0.05, 0) is 37.5 Å². The third-order valence-electron chi connectivity index (χ3n) is 3.86. The van der Waals surface area contributed by atoms with E-state index < -0.39 is 0 Å². The number of hydrogen-bond acceptors (Lipinski definition) is 3. The fourth-order valence-electron chi connectivity index (χ4n) is 2.70. The molecule has 0 aromatic heterocycles. The third-order valence-corrected chi connectivity index (χ3v) is 3.86. The van der Waals surface area contributed by atoms with Gasteiger partial charge in [0.1, 0.15) is 0 Å². The Bertz CT molecular complexity index is 637. The van der Waals surface area contributed by atoms with E-state index in [2.05, 4.69) is 5.32 Å². The smallest absolute Gasteiger partial charge is 0.251 e. The van der Waals surface area contributed by atoms with Crippen LogP contribution in [0, 0.1) is 0 Å². The number of amides is 1. The number of ether oxygens (including phenoxy) is 2. The van der Waals surface area contributed by atoms with Crippen molar-refractivity contribution in [2.75, 3.05) is 19.8 Å². The van der Waals surface area contributed by atoms with Crippen molar-refractivity contribution in [1.29, 1.82) is 0 Å². The first kappa shape index (κ1) is 19.2. The predicted octanol–water partition coefficient (Wildman–Crippen LogP) is 4.26. The summed E-state index contributed by atoms with van der Waals surface area (Å²) < 4.78 is 11.0. The summed E-state index contributed by atoms with van der Waals surface area (Å²) in [5.74, 6) is -0.0520. The van der Waals surface area contributed by atoms with Crippen LogP contribution in [-0.2, 0) is 9.47 Å². The summed E-state index contributed by atoms with van der Waals surface area (Å²) in [4.78, 5) is 12.6. The maximum absolute atomic E-state index is 12.6. The molecule has 0 saturated heterocycles. The van der Waals surface area contributed by atoms with E-state index in [0.29, 0.717) is 25.3 Å². The molecular formula is C21H27NO3. The van der Waals surface area contributed by atoms with Crippen molar-refractivity contribution >= 4 is 5.91 Å². The van der Waals surface area contributed by atoms with Crippen LogP contribution in [0.2, 0.25) is 0 Å². The van der Waals surface area contributed by atoms with Crippen molar-refractivity contribution < 1.29 is 14.3 Å². The molecule has 0 spiro atoms. The molecule has 2 aromatic rings. The van der Waals surface area contributed by atoms with E-state index in [1.807, 2.05) is 68.4 Å². The Morgan fingerprint density at radius 2 is 1.60 bits per heavy atom. The first-order valence-corrected chi connectivity index (χ1v) is 8.92. The second-order valence-electron chi connectivity index (χ2n) is 5.65. The molecule has 0 saturated carbocycles. The van der Waals surface area contributed by atoms with Crippen LogP contribution in [0.15, 0.2) is 54.6 Å². The van der Waals surface area contributed by atoms with Crippen LogP contribution in [0.3, 0.4) is 0 Å². The van der Waals surface area contributed by atoms with Gasteiger partial charge in [0, 0.05) is 31.7 Å². The lowest BCUT2D eigenvalue weighted by Gasteiger charge is -2.17. The summed E-state index contributed by atoms with van der Waals surface area (Å²) >= 11 is 0. The largest absolute Gasteiger partial charge is 0.353 e. The van der Waals surface area contributed by atoms with Gasteiger partial charge in [-0.15, -0.1) is 0 Å². The zero-order valence-electron chi connectivity index (χ0n) is 15.0. The molecule has 0 fully saturated rings. The molecule has 1 amide bonds. The van der Waals surface area contributed by atoms with Crippen LogP contribution in [0.5, 0.6) is 0 Å². The lowest BCUT2D eigenvalue weighted by molar-refractivity contribution is -0.139. The van der Waals surface area contributed by atoms with Crippen LogP contribution in [0.25, 0.3) is 11.1 Å². The van der Waals surface area contributed by atoms with Crippen LogP contribution in [-0.4, -0.2) is 32.0 Å². The molecule has 0 aliphatic carbocycles. The van der Waals surface area contributed by atoms with Gasteiger partial charge in [0.05, 0.1) is 0 Å². The highest BCUT2D eigenvalue weighted by atomic mass is 16.7. The fraction of sp³-hybridized carbons (Fsp3) is 0.381. The molecule has 2 aromatic carbocycles. The lowest BCUT2D eigenvalue weighted by Crippen LogP contribution is -2.26. The maximum atomic E-state index is 12.6. The van der Waals surface area contributed by atoms with E-state index >= 15 is 0 Å². The number of rotatable bonds is 10. The quantitative estimate of drug-likeness (QED) is 0.519. The molecule has 4 heteroatoms. The van der Waals surface area contributed by atoms with Crippen LogP contribution < -0.4 is 5.32 Å². The molecule has 0 bridgehead atoms. The molecule has 4 nitrogen and oxygen atoms in total. The molecule has 0 aliphatic heterocycles. The van der Waals surface area contributed by atoms with Gasteiger partial charge < -0.3 is 14.8 Å².